The molecule has 0 fully saturated rings. The number of esters is 1. The molecule has 0 amide bonds. The minimum absolute atomic E-state index is 0.0231. The molecule has 0 radical (unpaired) electrons. The quantitative estimate of drug-likeness (QED) is 0.141. The Labute approximate surface area is 161 Å². The maximum Gasteiger partial charge on any atom is 0.412 e. The van der Waals surface area contributed by atoms with Crippen molar-refractivity contribution in [2.24, 2.45) is 5.10 Å². The molecule has 0 aliphatic heterocycles. The lowest BCUT2D eigenvalue weighted by Crippen LogP contribution is -2.46. The summed E-state index contributed by atoms with van der Waals surface area (Å²) in [4.78, 5) is 12.0. The second-order valence-electron chi connectivity index (χ2n) is 5.36. The van der Waals surface area contributed by atoms with Gasteiger partial charge in [-0.3, -0.25) is 5.43 Å². The average molecular weight is 389 g/mol. The number of hydrogen-bond acceptors (Lipinski definition) is 6. The summed E-state index contributed by atoms with van der Waals surface area (Å²) in [7, 11) is 0. The highest BCUT2D eigenvalue weighted by Gasteiger charge is 2.31. The third kappa shape index (κ3) is 4.47. The number of benzene rings is 1. The van der Waals surface area contributed by atoms with Gasteiger partial charge in [0.15, 0.2) is 5.11 Å². The van der Waals surface area contributed by atoms with Crippen LogP contribution in [0.1, 0.15) is 28.7 Å². The number of carbonyl (C=O) groups excluding carboxylic acids is 1. The van der Waals surface area contributed by atoms with E-state index in [1.165, 1.54) is 25.3 Å². The van der Waals surface area contributed by atoms with Crippen LogP contribution in [0, 0.1) is 17.3 Å². The van der Waals surface area contributed by atoms with Gasteiger partial charge >= 0.3 is 11.7 Å². The van der Waals surface area contributed by atoms with Crippen LogP contribution in [0.4, 0.5) is 0 Å². The van der Waals surface area contributed by atoms with Gasteiger partial charge in [-0.05, 0) is 25.2 Å². The van der Waals surface area contributed by atoms with E-state index in [4.69, 9.17) is 17.0 Å². The highest BCUT2D eigenvalue weighted by molar-refractivity contribution is 7.80. The maximum atomic E-state index is 12.6. The van der Waals surface area contributed by atoms with Gasteiger partial charge in [-0.2, -0.15) is 9.83 Å². The molecule has 9 nitrogen and oxygen atoms in total. The van der Waals surface area contributed by atoms with Crippen molar-refractivity contribution >= 4 is 40.5 Å². The summed E-state index contributed by atoms with van der Waals surface area (Å²) >= 11 is 5.00. The number of nitrogens with zero attached hydrogens (tertiary/aromatic N) is 3. The van der Waals surface area contributed by atoms with E-state index in [0.29, 0.717) is 26.7 Å². The third-order valence-corrected chi connectivity index (χ3v) is 3.78. The van der Waals surface area contributed by atoms with Crippen LogP contribution in [0.2, 0.25) is 0 Å². The van der Waals surface area contributed by atoms with Crippen molar-refractivity contribution in [3.05, 3.63) is 58.2 Å². The van der Waals surface area contributed by atoms with Gasteiger partial charge in [-0.1, -0.05) is 6.08 Å². The lowest BCUT2D eigenvalue weighted by Gasteiger charge is -2.10. The van der Waals surface area contributed by atoms with Gasteiger partial charge in [-0.15, -0.1) is 11.3 Å². The van der Waals surface area contributed by atoms with Gasteiger partial charge < -0.3 is 20.5 Å². The van der Waals surface area contributed by atoms with Gasteiger partial charge in [0.2, 0.25) is 0 Å². The molecule has 1 aromatic carbocycles. The standard InChI is InChI=1S/C17H19N5O4S/c1-4-8-18-17(27)20-19-10-12-6-7-13-14(9-12)22(25)15(11(3)21(13)24)16(23)26-5-2/h4,6-7,9-10H,1,5,8H2,2-3H3,(H2,18,20,27)/b19-10+. The number of ether oxygens (including phenoxy) is 1. The number of hydrogen-bond donors (Lipinski definition) is 2. The van der Waals surface area contributed by atoms with Crippen LogP contribution in [-0.4, -0.2) is 30.4 Å². The number of rotatable bonds is 6. The molecule has 0 saturated heterocycles. The second-order valence-corrected chi connectivity index (χ2v) is 5.77. The normalized spacial score (nSPS) is 10.7. The van der Waals surface area contributed by atoms with Gasteiger partial charge in [0, 0.05) is 31.2 Å². The average Bonchev–Trinajstić information content (AvgIpc) is 2.65. The predicted molar refractivity (Wildman–Crippen MR) is 104 cm³/mol. The Morgan fingerprint density at radius 2 is 2.11 bits per heavy atom. The predicted octanol–water partition coefficient (Wildman–Crippen LogP) is 0.576. The lowest BCUT2D eigenvalue weighted by molar-refractivity contribution is -0.635. The molecule has 0 unspecified atom stereocenters. The fourth-order valence-electron chi connectivity index (χ4n) is 2.30. The van der Waals surface area contributed by atoms with E-state index < -0.39 is 5.97 Å². The molecular weight excluding hydrogens is 370 g/mol. The minimum Gasteiger partial charge on any atom is -0.618 e. The van der Waals surface area contributed by atoms with E-state index >= 15 is 0 Å². The fourth-order valence-corrected chi connectivity index (χ4v) is 2.44. The molecule has 0 atom stereocenters. The molecule has 0 saturated carbocycles. The van der Waals surface area contributed by atoms with E-state index in [9.17, 15) is 15.2 Å². The maximum absolute atomic E-state index is 12.6. The molecule has 2 N–H and O–H groups in total. The summed E-state index contributed by atoms with van der Waals surface area (Å²) < 4.78 is 5.80. The molecule has 0 aliphatic rings. The van der Waals surface area contributed by atoms with E-state index in [1.54, 1.807) is 19.1 Å². The van der Waals surface area contributed by atoms with E-state index in [0.717, 1.165) is 0 Å². The summed E-state index contributed by atoms with van der Waals surface area (Å²) in [6.45, 7) is 7.15. The van der Waals surface area contributed by atoms with Crippen molar-refractivity contribution in [2.75, 3.05) is 13.2 Å². The number of carbonyl (C=O) groups is 1. The first kappa shape index (κ1) is 20.0. The van der Waals surface area contributed by atoms with Crippen LogP contribution in [0.5, 0.6) is 0 Å². The zero-order chi connectivity index (χ0) is 20.0. The van der Waals surface area contributed by atoms with Crippen LogP contribution in [0.15, 0.2) is 36.0 Å². The van der Waals surface area contributed by atoms with Gasteiger partial charge in [0.25, 0.3) is 16.7 Å². The zero-order valence-corrected chi connectivity index (χ0v) is 15.7. The Balaban J connectivity index is 2.39. The molecule has 2 rings (SSSR count). The molecule has 1 aromatic heterocycles. The number of thiocarbonyl (C=S) groups is 1. The SMILES string of the molecule is C=CCNC(=S)N/N=C/c1ccc2c(c1)[n+]([O-])c(C(=O)OCC)c(C)[n+]2[O-]. The Bertz CT molecular complexity index is 929. The highest BCUT2D eigenvalue weighted by Crippen LogP contribution is 2.12. The van der Waals surface area contributed by atoms with E-state index in [1.807, 2.05) is 0 Å². The molecule has 0 bridgehead atoms. The number of aromatic nitrogens is 2. The Kier molecular flexibility index (Phi) is 6.61. The molecular formula is C17H19N5O4S. The molecule has 1 heterocycles. The Morgan fingerprint density at radius 1 is 1.37 bits per heavy atom. The monoisotopic (exact) mass is 389 g/mol. The number of nitrogens with one attached hydrogen (secondary N) is 2. The molecule has 27 heavy (non-hydrogen) atoms. The Morgan fingerprint density at radius 3 is 2.78 bits per heavy atom. The van der Waals surface area contributed by atoms with Crippen molar-refractivity contribution in [3.63, 3.8) is 0 Å². The van der Waals surface area contributed by atoms with Crippen LogP contribution in [0.3, 0.4) is 0 Å². The molecule has 0 spiro atoms. The first-order valence-electron chi connectivity index (χ1n) is 8.05. The first-order chi connectivity index (χ1) is 12.9. The number of hydrazone groups is 1. The molecule has 0 aliphatic carbocycles. The van der Waals surface area contributed by atoms with Crippen molar-refractivity contribution in [1.29, 1.82) is 0 Å². The van der Waals surface area contributed by atoms with Crippen LogP contribution in [-0.2, 0) is 4.74 Å². The minimum atomic E-state index is -0.851. The van der Waals surface area contributed by atoms with Gasteiger partial charge in [0.05, 0.1) is 12.8 Å². The van der Waals surface area contributed by atoms with Crippen molar-refractivity contribution < 1.29 is 19.0 Å². The van der Waals surface area contributed by atoms with Crippen LogP contribution in [0.25, 0.3) is 11.0 Å². The number of fused-ring (bicyclic) bond motifs is 1. The first-order valence-corrected chi connectivity index (χ1v) is 8.45. The van der Waals surface area contributed by atoms with Gasteiger partial charge in [0.1, 0.15) is 0 Å². The molecule has 2 aromatic rings. The third-order valence-electron chi connectivity index (χ3n) is 3.54. The summed E-state index contributed by atoms with van der Waals surface area (Å²) in [6, 6.07) is 4.55. The zero-order valence-electron chi connectivity index (χ0n) is 14.9. The smallest absolute Gasteiger partial charge is 0.412 e. The molecule has 142 valence electrons. The summed E-state index contributed by atoms with van der Waals surface area (Å²) in [5, 5.41) is 32.1. The second kappa shape index (κ2) is 8.90. The summed E-state index contributed by atoms with van der Waals surface area (Å²) in [5.74, 6) is -0.851. The Hall–Kier alpha value is -3.27. The molecule has 10 heteroatoms. The fraction of sp³-hybridized carbons (Fsp3) is 0.235. The van der Waals surface area contributed by atoms with Crippen molar-refractivity contribution in [3.8, 4) is 0 Å². The lowest BCUT2D eigenvalue weighted by atomic mass is 10.2. The highest BCUT2D eigenvalue weighted by atomic mass is 32.1. The largest absolute Gasteiger partial charge is 0.618 e. The topological polar surface area (TPSA) is 117 Å². The van der Waals surface area contributed by atoms with Crippen LogP contribution >= 0.6 is 12.2 Å². The van der Waals surface area contributed by atoms with Gasteiger partial charge in [-0.25, -0.2) is 4.79 Å². The summed E-state index contributed by atoms with van der Waals surface area (Å²) in [6.07, 6.45) is 3.08. The van der Waals surface area contributed by atoms with E-state index in [2.05, 4.69) is 22.4 Å². The summed E-state index contributed by atoms with van der Waals surface area (Å²) in [5.41, 5.74) is 2.92. The van der Waals surface area contributed by atoms with Crippen molar-refractivity contribution in [1.82, 2.24) is 10.7 Å². The van der Waals surface area contributed by atoms with Crippen molar-refractivity contribution in [2.45, 2.75) is 13.8 Å². The van der Waals surface area contributed by atoms with E-state index in [-0.39, 0.29) is 29.0 Å². The van der Waals surface area contributed by atoms with Crippen LogP contribution < -0.4 is 20.2 Å².